The maximum absolute atomic E-state index is 14.5. The molecule has 1 fully saturated rings. The number of carbonyl (C=O) groups is 1. The number of amides is 1. The van der Waals surface area contributed by atoms with Crippen molar-refractivity contribution in [2.24, 2.45) is 12.8 Å². The number of nitrogens with zero attached hydrogens (tertiary/aromatic N) is 4. The number of halogens is 1. The van der Waals surface area contributed by atoms with Gasteiger partial charge in [0.2, 0.25) is 5.91 Å². The van der Waals surface area contributed by atoms with Crippen LogP contribution in [0.4, 0.5) is 4.39 Å². The minimum Gasteiger partial charge on any atom is -0.357 e. The van der Waals surface area contributed by atoms with E-state index >= 15 is 0 Å². The lowest BCUT2D eigenvalue weighted by molar-refractivity contribution is -0.131. The van der Waals surface area contributed by atoms with E-state index in [1.54, 1.807) is 10.7 Å². The fourth-order valence-corrected chi connectivity index (χ4v) is 4.65. The predicted octanol–water partition coefficient (Wildman–Crippen LogP) is 3.74. The van der Waals surface area contributed by atoms with Crippen molar-refractivity contribution in [1.29, 1.82) is 5.26 Å². The lowest BCUT2D eigenvalue weighted by Crippen LogP contribution is -2.46. The number of hydrogen-bond donors (Lipinski definition) is 2. The summed E-state index contributed by atoms with van der Waals surface area (Å²) in [4.78, 5) is 18.2. The number of fused-ring (bicyclic) bond motifs is 1. The zero-order valence-electron chi connectivity index (χ0n) is 18.9. The Labute approximate surface area is 196 Å². The first-order valence-corrected chi connectivity index (χ1v) is 11.3. The number of benzene rings is 2. The molecule has 34 heavy (non-hydrogen) atoms. The number of hydrogen-bond acceptors (Lipinski definition) is 4. The summed E-state index contributed by atoms with van der Waals surface area (Å²) < 4.78 is 16.2. The molecule has 0 radical (unpaired) electrons. The Morgan fingerprint density at radius 1 is 1.26 bits per heavy atom. The zero-order valence-corrected chi connectivity index (χ0v) is 18.9. The van der Waals surface area contributed by atoms with Crippen LogP contribution in [0, 0.1) is 17.1 Å². The molecule has 0 unspecified atom stereocenters. The van der Waals surface area contributed by atoms with Crippen LogP contribution in [-0.2, 0) is 18.3 Å². The van der Waals surface area contributed by atoms with Gasteiger partial charge >= 0.3 is 0 Å². The molecule has 1 amide bonds. The van der Waals surface area contributed by atoms with Gasteiger partial charge in [0.05, 0.1) is 23.2 Å². The van der Waals surface area contributed by atoms with E-state index in [1.807, 2.05) is 48.5 Å². The van der Waals surface area contributed by atoms with Gasteiger partial charge < -0.3 is 15.6 Å². The summed E-state index contributed by atoms with van der Waals surface area (Å²) in [7, 11) is 1.87. The largest absolute Gasteiger partial charge is 0.357 e. The number of H-pyrrole nitrogens is 1. The molecule has 7 nitrogen and oxygen atoms in total. The van der Waals surface area contributed by atoms with Crippen molar-refractivity contribution in [3.63, 3.8) is 0 Å². The van der Waals surface area contributed by atoms with E-state index in [0.29, 0.717) is 18.7 Å². The van der Waals surface area contributed by atoms with Crippen LogP contribution < -0.4 is 5.73 Å². The van der Waals surface area contributed by atoms with Crippen molar-refractivity contribution in [2.45, 2.75) is 25.3 Å². The second-order valence-electron chi connectivity index (χ2n) is 8.88. The number of nitriles is 1. The second-order valence-corrected chi connectivity index (χ2v) is 8.88. The molecule has 5 rings (SSSR count). The maximum atomic E-state index is 14.5. The highest BCUT2D eigenvalue weighted by Gasteiger charge is 2.23. The Morgan fingerprint density at radius 3 is 2.85 bits per heavy atom. The standard InChI is InChI=1S/C26H25FN6O/c1-32-14-19-9-17(6-7-24(19)31-32)26-22(16-4-5-18(13-28)23(27)10-16)11-21(30-26)12-25(34)33-8-2-3-20(29)15-33/h4-7,9-11,14,20,30H,2-3,8,12,15,29H2,1H3/t20-/m1/s1. The molecule has 0 bridgehead atoms. The molecule has 4 aromatic rings. The monoisotopic (exact) mass is 456 g/mol. The van der Waals surface area contributed by atoms with Crippen molar-refractivity contribution in [1.82, 2.24) is 19.7 Å². The fraction of sp³-hybridized carbons (Fsp3) is 0.269. The van der Waals surface area contributed by atoms with E-state index in [0.717, 1.165) is 46.3 Å². The number of aromatic nitrogens is 3. The van der Waals surface area contributed by atoms with E-state index in [1.165, 1.54) is 12.1 Å². The van der Waals surface area contributed by atoms with E-state index in [4.69, 9.17) is 11.0 Å². The highest BCUT2D eigenvalue weighted by Crippen LogP contribution is 2.35. The molecule has 0 aliphatic carbocycles. The van der Waals surface area contributed by atoms with Gasteiger partial charge in [-0.2, -0.15) is 10.4 Å². The molecular weight excluding hydrogens is 431 g/mol. The quantitative estimate of drug-likeness (QED) is 0.488. The summed E-state index contributed by atoms with van der Waals surface area (Å²) >= 11 is 0. The van der Waals surface area contributed by atoms with Crippen LogP contribution in [0.1, 0.15) is 24.1 Å². The van der Waals surface area contributed by atoms with Gasteiger partial charge in [-0.1, -0.05) is 12.1 Å². The van der Waals surface area contributed by atoms with Crippen molar-refractivity contribution in [3.05, 3.63) is 65.7 Å². The summed E-state index contributed by atoms with van der Waals surface area (Å²) in [6, 6.07) is 14.3. The van der Waals surface area contributed by atoms with E-state index in [2.05, 4.69) is 10.1 Å². The molecule has 8 heteroatoms. The minimum absolute atomic E-state index is 0.00514. The van der Waals surface area contributed by atoms with Gasteiger partial charge in [0, 0.05) is 49.0 Å². The van der Waals surface area contributed by atoms with Gasteiger partial charge in [-0.15, -0.1) is 0 Å². The lowest BCUT2D eigenvalue weighted by atomic mass is 9.99. The first-order valence-electron chi connectivity index (χ1n) is 11.3. The van der Waals surface area contributed by atoms with Crippen LogP contribution in [0.15, 0.2) is 48.7 Å². The van der Waals surface area contributed by atoms with Crippen LogP contribution in [0.5, 0.6) is 0 Å². The normalized spacial score (nSPS) is 16.1. The molecule has 3 heterocycles. The molecule has 2 aromatic heterocycles. The van der Waals surface area contributed by atoms with Crippen LogP contribution in [0.3, 0.4) is 0 Å². The van der Waals surface area contributed by atoms with E-state index in [-0.39, 0.29) is 23.9 Å². The van der Waals surface area contributed by atoms with Gasteiger partial charge in [-0.25, -0.2) is 4.39 Å². The number of rotatable bonds is 4. The molecule has 1 aliphatic rings. The van der Waals surface area contributed by atoms with Crippen LogP contribution >= 0.6 is 0 Å². The molecule has 172 valence electrons. The molecule has 2 aromatic carbocycles. The number of likely N-dealkylation sites (tertiary alicyclic amines) is 1. The number of carbonyl (C=O) groups excluding carboxylic acids is 1. The third kappa shape index (κ3) is 4.18. The molecule has 3 N–H and O–H groups in total. The first-order chi connectivity index (χ1) is 16.4. The Morgan fingerprint density at radius 2 is 2.09 bits per heavy atom. The average Bonchev–Trinajstić information content (AvgIpc) is 3.41. The van der Waals surface area contributed by atoms with Crippen LogP contribution in [-0.4, -0.2) is 44.7 Å². The summed E-state index contributed by atoms with van der Waals surface area (Å²) in [5.41, 5.74) is 10.8. The van der Waals surface area contributed by atoms with Crippen molar-refractivity contribution >= 4 is 16.8 Å². The van der Waals surface area contributed by atoms with Gasteiger partial charge in [-0.3, -0.25) is 9.48 Å². The Bertz CT molecular complexity index is 1430. The number of aromatic amines is 1. The highest BCUT2D eigenvalue weighted by atomic mass is 19.1. The summed E-state index contributed by atoms with van der Waals surface area (Å²) in [6.45, 7) is 1.28. The average molecular weight is 457 g/mol. The van der Waals surface area contributed by atoms with Crippen LogP contribution in [0.2, 0.25) is 0 Å². The number of piperidine rings is 1. The minimum atomic E-state index is -0.574. The smallest absolute Gasteiger partial charge is 0.228 e. The first kappa shape index (κ1) is 21.9. The van der Waals surface area contributed by atoms with Crippen molar-refractivity contribution in [3.8, 4) is 28.5 Å². The summed E-state index contributed by atoms with van der Waals surface area (Å²) in [5, 5.41) is 14.5. The van der Waals surface area contributed by atoms with Gasteiger partial charge in [0.15, 0.2) is 0 Å². The number of aryl methyl sites for hydroxylation is 1. The third-order valence-electron chi connectivity index (χ3n) is 6.33. The molecule has 0 saturated carbocycles. The molecular formula is C26H25FN6O. The molecule has 1 atom stereocenters. The second kappa shape index (κ2) is 8.76. The number of nitrogens with two attached hydrogens (primary N) is 1. The molecule has 1 aliphatic heterocycles. The van der Waals surface area contributed by atoms with Crippen molar-refractivity contribution < 1.29 is 9.18 Å². The SMILES string of the molecule is Cn1cc2cc(-c3[nH]c(CC(=O)N4CCC[C@@H](N)C4)cc3-c3ccc(C#N)c(F)c3)ccc2n1. The summed E-state index contributed by atoms with van der Waals surface area (Å²) in [6.07, 6.45) is 3.98. The Kier molecular flexibility index (Phi) is 5.64. The fourth-order valence-electron chi connectivity index (χ4n) is 4.65. The molecule has 1 saturated heterocycles. The van der Waals surface area contributed by atoms with E-state index in [9.17, 15) is 9.18 Å². The van der Waals surface area contributed by atoms with Crippen molar-refractivity contribution in [2.75, 3.05) is 13.1 Å². The molecule has 0 spiro atoms. The zero-order chi connectivity index (χ0) is 23.8. The Balaban J connectivity index is 1.55. The lowest BCUT2D eigenvalue weighted by Gasteiger charge is -2.30. The highest BCUT2D eigenvalue weighted by molar-refractivity contribution is 5.89. The Hall–Kier alpha value is -3.96. The number of nitrogens with one attached hydrogen (secondary N) is 1. The third-order valence-corrected chi connectivity index (χ3v) is 6.33. The summed E-state index contributed by atoms with van der Waals surface area (Å²) in [5.74, 6) is -0.557. The van der Waals surface area contributed by atoms with Gasteiger partial charge in [0.1, 0.15) is 11.9 Å². The van der Waals surface area contributed by atoms with Gasteiger partial charge in [0.25, 0.3) is 0 Å². The van der Waals surface area contributed by atoms with Crippen LogP contribution in [0.25, 0.3) is 33.3 Å². The van der Waals surface area contributed by atoms with E-state index < -0.39 is 5.82 Å². The topological polar surface area (TPSA) is 104 Å². The maximum Gasteiger partial charge on any atom is 0.228 e. The van der Waals surface area contributed by atoms with Gasteiger partial charge in [-0.05, 0) is 54.3 Å². The predicted molar refractivity (Wildman–Crippen MR) is 128 cm³/mol.